The van der Waals surface area contributed by atoms with Crippen molar-refractivity contribution in [3.8, 4) is 0 Å². The summed E-state index contributed by atoms with van der Waals surface area (Å²) in [4.78, 5) is 1.83. The van der Waals surface area contributed by atoms with Crippen LogP contribution >= 0.6 is 0 Å². The summed E-state index contributed by atoms with van der Waals surface area (Å²) in [7, 11) is 0. The van der Waals surface area contributed by atoms with Crippen LogP contribution in [0.1, 0.15) is 18.4 Å². The van der Waals surface area contributed by atoms with Gasteiger partial charge in [-0.25, -0.2) is 0 Å². The highest BCUT2D eigenvalue weighted by atomic mass is 19.4. The topological polar surface area (TPSA) is 24.5 Å². The number of alkyl halides is 3. The Labute approximate surface area is 134 Å². The molecule has 2 aliphatic heterocycles. The molecule has 0 aromatic heterocycles. The van der Waals surface area contributed by atoms with Crippen LogP contribution in [0.15, 0.2) is 35.9 Å². The lowest BCUT2D eigenvalue weighted by Crippen LogP contribution is -2.35. The second-order valence-corrected chi connectivity index (χ2v) is 6.03. The predicted molar refractivity (Wildman–Crippen MR) is 83.6 cm³/mol. The average molecular weight is 326 g/mol. The van der Waals surface area contributed by atoms with Crippen molar-refractivity contribution in [2.24, 2.45) is 0 Å². The molecule has 0 unspecified atom stereocenters. The molecule has 6 heteroatoms. The molecular formula is C17H21F3N2O. The van der Waals surface area contributed by atoms with Crippen molar-refractivity contribution in [1.82, 2.24) is 5.32 Å². The van der Waals surface area contributed by atoms with Crippen molar-refractivity contribution >= 4 is 5.69 Å². The number of nitrogens with zero attached hydrogens (tertiary/aromatic N) is 1. The van der Waals surface area contributed by atoms with E-state index in [1.54, 1.807) is 12.1 Å². The minimum atomic E-state index is -4.31. The molecule has 0 amide bonds. The molecule has 0 aliphatic carbocycles. The fourth-order valence-corrected chi connectivity index (χ4v) is 3.14. The molecule has 0 bridgehead atoms. The highest BCUT2D eigenvalue weighted by molar-refractivity contribution is 5.55. The largest absolute Gasteiger partial charge is 0.418 e. The Morgan fingerprint density at radius 3 is 2.83 bits per heavy atom. The van der Waals surface area contributed by atoms with Crippen molar-refractivity contribution in [2.45, 2.75) is 25.1 Å². The zero-order chi connectivity index (χ0) is 16.3. The Bertz CT molecular complexity index is 571. The number of anilines is 1. The third kappa shape index (κ3) is 4.06. The van der Waals surface area contributed by atoms with E-state index < -0.39 is 11.7 Å². The molecule has 23 heavy (non-hydrogen) atoms. The van der Waals surface area contributed by atoms with Gasteiger partial charge in [-0.2, -0.15) is 13.2 Å². The quantitative estimate of drug-likeness (QED) is 0.860. The molecule has 1 N–H and O–H groups in total. The standard InChI is InChI=1S/C17H21F3N2O/c18-17(19,20)15-5-1-2-6-16(15)22-8-7-14(11-22)21-10-13-4-3-9-23-12-13/h1-2,4-6,14,21H,3,7-12H2/t14-/m0/s1. The lowest BCUT2D eigenvalue weighted by atomic mass is 10.1. The zero-order valence-electron chi connectivity index (χ0n) is 12.9. The van der Waals surface area contributed by atoms with Crippen molar-refractivity contribution in [3.05, 3.63) is 41.5 Å². The summed E-state index contributed by atoms with van der Waals surface area (Å²) >= 11 is 0. The molecule has 126 valence electrons. The molecule has 1 aromatic rings. The second-order valence-electron chi connectivity index (χ2n) is 6.03. The lowest BCUT2D eigenvalue weighted by Gasteiger charge is -2.23. The van der Waals surface area contributed by atoms with Gasteiger partial charge in [-0.15, -0.1) is 0 Å². The van der Waals surface area contributed by atoms with E-state index in [-0.39, 0.29) is 11.7 Å². The van der Waals surface area contributed by atoms with E-state index in [9.17, 15) is 13.2 Å². The van der Waals surface area contributed by atoms with Crippen LogP contribution in [-0.2, 0) is 10.9 Å². The Balaban J connectivity index is 1.61. The van der Waals surface area contributed by atoms with Gasteiger partial charge in [0, 0.05) is 31.4 Å². The molecule has 3 rings (SSSR count). The minimum Gasteiger partial charge on any atom is -0.377 e. The fourth-order valence-electron chi connectivity index (χ4n) is 3.14. The molecule has 3 nitrogen and oxygen atoms in total. The molecule has 1 saturated heterocycles. The van der Waals surface area contributed by atoms with Gasteiger partial charge in [0.2, 0.25) is 0 Å². The van der Waals surface area contributed by atoms with Crippen molar-refractivity contribution in [1.29, 1.82) is 0 Å². The smallest absolute Gasteiger partial charge is 0.377 e. The van der Waals surface area contributed by atoms with E-state index >= 15 is 0 Å². The summed E-state index contributed by atoms with van der Waals surface area (Å²) in [6.45, 7) is 3.41. The first-order chi connectivity index (χ1) is 11.0. The first-order valence-electron chi connectivity index (χ1n) is 7.94. The fraction of sp³-hybridized carbons (Fsp3) is 0.529. The van der Waals surface area contributed by atoms with E-state index in [0.29, 0.717) is 19.7 Å². The Hall–Kier alpha value is -1.53. The van der Waals surface area contributed by atoms with Gasteiger partial charge in [0.1, 0.15) is 0 Å². The van der Waals surface area contributed by atoms with Crippen LogP contribution in [0.25, 0.3) is 0 Å². The van der Waals surface area contributed by atoms with Gasteiger partial charge >= 0.3 is 6.18 Å². The van der Waals surface area contributed by atoms with Crippen LogP contribution in [0.5, 0.6) is 0 Å². The molecular weight excluding hydrogens is 305 g/mol. The lowest BCUT2D eigenvalue weighted by molar-refractivity contribution is -0.137. The highest BCUT2D eigenvalue weighted by Gasteiger charge is 2.36. The Kier molecular flexibility index (Phi) is 4.92. The van der Waals surface area contributed by atoms with Gasteiger partial charge in [-0.05, 0) is 30.5 Å². The van der Waals surface area contributed by atoms with Gasteiger partial charge in [0.05, 0.1) is 18.8 Å². The maximum Gasteiger partial charge on any atom is 0.418 e. The number of hydrogen-bond acceptors (Lipinski definition) is 3. The van der Waals surface area contributed by atoms with Crippen LogP contribution in [0.4, 0.5) is 18.9 Å². The van der Waals surface area contributed by atoms with E-state index in [1.807, 2.05) is 4.90 Å². The maximum absolute atomic E-state index is 13.1. The minimum absolute atomic E-state index is 0.208. The summed E-state index contributed by atoms with van der Waals surface area (Å²) in [6, 6.07) is 6.02. The first-order valence-corrected chi connectivity index (χ1v) is 7.94. The van der Waals surface area contributed by atoms with Crippen molar-refractivity contribution < 1.29 is 17.9 Å². The van der Waals surface area contributed by atoms with Crippen molar-refractivity contribution in [2.75, 3.05) is 37.7 Å². The summed E-state index contributed by atoms with van der Waals surface area (Å²) in [6.07, 6.45) is -0.346. The number of ether oxygens (including phenoxy) is 1. The average Bonchev–Trinajstić information content (AvgIpc) is 3.02. The third-order valence-electron chi connectivity index (χ3n) is 4.34. The number of rotatable bonds is 4. The monoisotopic (exact) mass is 326 g/mol. The second kappa shape index (κ2) is 6.93. The van der Waals surface area contributed by atoms with Crippen LogP contribution in [-0.4, -0.2) is 38.9 Å². The molecule has 2 heterocycles. The molecule has 1 aromatic carbocycles. The van der Waals surface area contributed by atoms with Crippen LogP contribution in [0.2, 0.25) is 0 Å². The summed E-state index contributed by atoms with van der Waals surface area (Å²) in [5.74, 6) is 0. The van der Waals surface area contributed by atoms with Gasteiger partial charge in [-0.1, -0.05) is 18.2 Å². The zero-order valence-corrected chi connectivity index (χ0v) is 12.9. The predicted octanol–water partition coefficient (Wildman–Crippen LogP) is 3.22. The Morgan fingerprint density at radius 2 is 2.09 bits per heavy atom. The number of hydrogen-bond donors (Lipinski definition) is 1. The maximum atomic E-state index is 13.1. The molecule has 0 saturated carbocycles. The van der Waals surface area contributed by atoms with Crippen LogP contribution in [0, 0.1) is 0 Å². The van der Waals surface area contributed by atoms with Gasteiger partial charge < -0.3 is 15.0 Å². The Morgan fingerprint density at radius 1 is 1.26 bits per heavy atom. The molecule has 2 aliphatic rings. The summed E-state index contributed by atoms with van der Waals surface area (Å²) in [5, 5.41) is 3.44. The molecule has 0 spiro atoms. The van der Waals surface area contributed by atoms with Gasteiger partial charge in [0.15, 0.2) is 0 Å². The molecule has 1 atom stereocenters. The number of nitrogens with one attached hydrogen (secondary N) is 1. The van der Waals surface area contributed by atoms with E-state index in [0.717, 1.165) is 32.1 Å². The summed E-state index contributed by atoms with van der Waals surface area (Å²) < 4.78 is 44.8. The normalized spacial score (nSPS) is 22.3. The first kappa shape index (κ1) is 16.3. The highest BCUT2D eigenvalue weighted by Crippen LogP contribution is 2.37. The van der Waals surface area contributed by atoms with Crippen LogP contribution < -0.4 is 10.2 Å². The number of halogens is 3. The van der Waals surface area contributed by atoms with E-state index in [2.05, 4.69) is 11.4 Å². The van der Waals surface area contributed by atoms with Gasteiger partial charge in [0.25, 0.3) is 0 Å². The number of para-hydroxylation sites is 1. The SMILES string of the molecule is FC(F)(F)c1ccccc1N1CC[C@H](NCC2=CCCOC2)C1. The van der Waals surface area contributed by atoms with Crippen molar-refractivity contribution in [3.63, 3.8) is 0 Å². The van der Waals surface area contributed by atoms with E-state index in [4.69, 9.17) is 4.74 Å². The van der Waals surface area contributed by atoms with Crippen LogP contribution in [0.3, 0.4) is 0 Å². The third-order valence-corrected chi connectivity index (χ3v) is 4.34. The number of benzene rings is 1. The van der Waals surface area contributed by atoms with E-state index in [1.165, 1.54) is 11.6 Å². The molecule has 1 fully saturated rings. The van der Waals surface area contributed by atoms with Gasteiger partial charge in [-0.3, -0.25) is 0 Å². The summed E-state index contributed by atoms with van der Waals surface area (Å²) in [5.41, 5.74) is 0.957. The molecule has 0 radical (unpaired) electrons.